The van der Waals surface area contributed by atoms with Crippen molar-refractivity contribution in [1.82, 2.24) is 5.32 Å². The maximum absolute atomic E-state index is 12.1. The van der Waals surface area contributed by atoms with Crippen LogP contribution >= 0.6 is 11.3 Å². The molecule has 0 spiro atoms. The van der Waals surface area contributed by atoms with Crippen LogP contribution in [-0.2, 0) is 17.8 Å². The fourth-order valence-corrected chi connectivity index (χ4v) is 3.53. The first kappa shape index (κ1) is 13.6. The summed E-state index contributed by atoms with van der Waals surface area (Å²) < 4.78 is 0. The molecule has 1 aliphatic carbocycles. The van der Waals surface area contributed by atoms with Gasteiger partial charge in [-0.3, -0.25) is 4.79 Å². The molecule has 0 bridgehead atoms. The van der Waals surface area contributed by atoms with E-state index in [-0.39, 0.29) is 17.9 Å². The second-order valence-electron chi connectivity index (χ2n) is 5.06. The minimum atomic E-state index is 0.124. The summed E-state index contributed by atoms with van der Waals surface area (Å²) in [5.74, 6) is 0.305. The zero-order valence-electron chi connectivity index (χ0n) is 10.9. The highest BCUT2D eigenvalue weighted by atomic mass is 32.1. The zero-order valence-corrected chi connectivity index (χ0v) is 11.8. The lowest BCUT2D eigenvalue weighted by Crippen LogP contribution is -2.37. The van der Waals surface area contributed by atoms with E-state index in [1.54, 1.807) is 11.3 Å². The van der Waals surface area contributed by atoms with E-state index in [0.29, 0.717) is 6.54 Å². The third kappa shape index (κ3) is 3.33. The molecule has 0 saturated heterocycles. The number of rotatable bonds is 4. The van der Waals surface area contributed by atoms with Gasteiger partial charge in [0.1, 0.15) is 0 Å². The molecule has 1 amide bonds. The molecule has 2 unspecified atom stereocenters. The van der Waals surface area contributed by atoms with Crippen molar-refractivity contribution in [3.05, 3.63) is 21.9 Å². The molecule has 3 N–H and O–H groups in total. The Labute approximate surface area is 113 Å². The van der Waals surface area contributed by atoms with Crippen LogP contribution in [0.25, 0.3) is 0 Å². The van der Waals surface area contributed by atoms with Gasteiger partial charge in [0.25, 0.3) is 0 Å². The minimum absolute atomic E-state index is 0.124. The van der Waals surface area contributed by atoms with Gasteiger partial charge in [-0.1, -0.05) is 13.3 Å². The number of carbonyl (C=O) groups is 1. The van der Waals surface area contributed by atoms with E-state index < -0.39 is 0 Å². The van der Waals surface area contributed by atoms with E-state index in [2.05, 4.69) is 23.7 Å². The first-order valence-electron chi connectivity index (χ1n) is 6.79. The van der Waals surface area contributed by atoms with E-state index in [4.69, 9.17) is 5.73 Å². The molecule has 1 fully saturated rings. The molecule has 3 nitrogen and oxygen atoms in total. The first-order valence-corrected chi connectivity index (χ1v) is 7.67. The summed E-state index contributed by atoms with van der Waals surface area (Å²) in [7, 11) is 0. The van der Waals surface area contributed by atoms with Gasteiger partial charge >= 0.3 is 0 Å². The van der Waals surface area contributed by atoms with Crippen molar-refractivity contribution in [1.29, 1.82) is 0 Å². The van der Waals surface area contributed by atoms with Crippen LogP contribution < -0.4 is 11.1 Å². The Kier molecular flexibility index (Phi) is 4.78. The number of nitrogens with two attached hydrogens (primary N) is 1. The molecule has 0 aliphatic heterocycles. The van der Waals surface area contributed by atoms with Gasteiger partial charge in [-0.05, 0) is 42.7 Å². The van der Waals surface area contributed by atoms with Crippen LogP contribution in [0.15, 0.2) is 11.4 Å². The average Bonchev–Trinajstić information content (AvgIpc) is 2.83. The zero-order chi connectivity index (χ0) is 13.0. The van der Waals surface area contributed by atoms with Crippen molar-refractivity contribution in [2.45, 2.75) is 51.6 Å². The summed E-state index contributed by atoms with van der Waals surface area (Å²) in [6.45, 7) is 2.82. The van der Waals surface area contributed by atoms with E-state index in [9.17, 15) is 4.79 Å². The van der Waals surface area contributed by atoms with Crippen molar-refractivity contribution >= 4 is 17.2 Å². The van der Waals surface area contributed by atoms with Gasteiger partial charge in [-0.2, -0.15) is 0 Å². The van der Waals surface area contributed by atoms with Gasteiger partial charge in [-0.25, -0.2) is 0 Å². The molecule has 100 valence electrons. The maximum atomic E-state index is 12.1. The molecule has 1 aromatic rings. The van der Waals surface area contributed by atoms with Crippen molar-refractivity contribution in [2.24, 2.45) is 11.7 Å². The van der Waals surface area contributed by atoms with Crippen LogP contribution in [-0.4, -0.2) is 11.9 Å². The number of nitrogens with one attached hydrogen (secondary N) is 1. The molecule has 1 aromatic heterocycles. The number of hydrogen-bond donors (Lipinski definition) is 2. The maximum Gasteiger partial charge on any atom is 0.223 e. The summed E-state index contributed by atoms with van der Waals surface area (Å²) >= 11 is 1.72. The van der Waals surface area contributed by atoms with Crippen molar-refractivity contribution in [2.75, 3.05) is 0 Å². The number of hydrogen-bond acceptors (Lipinski definition) is 3. The fraction of sp³-hybridized carbons (Fsp3) is 0.643. The fourth-order valence-electron chi connectivity index (χ4n) is 2.61. The van der Waals surface area contributed by atoms with Crippen LogP contribution in [0.3, 0.4) is 0 Å². The largest absolute Gasteiger partial charge is 0.351 e. The molecule has 2 atom stereocenters. The van der Waals surface area contributed by atoms with Crippen LogP contribution in [0.4, 0.5) is 0 Å². The smallest absolute Gasteiger partial charge is 0.223 e. The summed E-state index contributed by atoms with van der Waals surface area (Å²) in [4.78, 5) is 13.4. The Bertz CT molecular complexity index is 402. The van der Waals surface area contributed by atoms with E-state index in [0.717, 1.165) is 32.1 Å². The Balaban J connectivity index is 1.84. The standard InChI is InChI=1S/C14H22N2OS/c1-2-10-6-7-18-13(10)9-16-14(17)11-4-3-5-12(15)8-11/h6-7,11-12H,2-5,8-9,15H2,1H3,(H,16,17). The Morgan fingerprint density at radius 2 is 2.39 bits per heavy atom. The SMILES string of the molecule is CCc1ccsc1CNC(=O)C1CCCC(N)C1. The Morgan fingerprint density at radius 3 is 3.11 bits per heavy atom. The summed E-state index contributed by atoms with van der Waals surface area (Å²) in [5.41, 5.74) is 7.27. The molecule has 0 aromatic carbocycles. The second kappa shape index (κ2) is 6.34. The van der Waals surface area contributed by atoms with Gasteiger partial charge in [-0.15, -0.1) is 11.3 Å². The Morgan fingerprint density at radius 1 is 1.56 bits per heavy atom. The molecule has 4 heteroatoms. The lowest BCUT2D eigenvalue weighted by Gasteiger charge is -2.25. The highest BCUT2D eigenvalue weighted by molar-refractivity contribution is 7.10. The third-order valence-corrected chi connectivity index (χ3v) is 4.69. The van der Waals surface area contributed by atoms with Gasteiger partial charge in [0.15, 0.2) is 0 Å². The number of amides is 1. The van der Waals surface area contributed by atoms with E-state index in [1.165, 1.54) is 10.4 Å². The Hall–Kier alpha value is -0.870. The molecule has 1 saturated carbocycles. The second-order valence-corrected chi connectivity index (χ2v) is 6.06. The van der Waals surface area contributed by atoms with Crippen LogP contribution in [0, 0.1) is 5.92 Å². The summed E-state index contributed by atoms with van der Waals surface area (Å²) in [5, 5.41) is 5.16. The lowest BCUT2D eigenvalue weighted by molar-refractivity contribution is -0.126. The highest BCUT2D eigenvalue weighted by Crippen LogP contribution is 2.23. The average molecular weight is 266 g/mol. The van der Waals surface area contributed by atoms with Gasteiger partial charge in [0, 0.05) is 16.8 Å². The normalized spacial score (nSPS) is 23.9. The van der Waals surface area contributed by atoms with Gasteiger partial charge < -0.3 is 11.1 Å². The molecule has 1 aliphatic rings. The molecule has 0 radical (unpaired) electrons. The lowest BCUT2D eigenvalue weighted by atomic mass is 9.85. The molecule has 18 heavy (non-hydrogen) atoms. The van der Waals surface area contributed by atoms with Gasteiger partial charge in [0.05, 0.1) is 6.54 Å². The molecule has 2 rings (SSSR count). The quantitative estimate of drug-likeness (QED) is 0.879. The van der Waals surface area contributed by atoms with Crippen molar-refractivity contribution < 1.29 is 4.79 Å². The monoisotopic (exact) mass is 266 g/mol. The predicted molar refractivity (Wildman–Crippen MR) is 75.5 cm³/mol. The number of aryl methyl sites for hydroxylation is 1. The van der Waals surface area contributed by atoms with Crippen LogP contribution in [0.1, 0.15) is 43.0 Å². The highest BCUT2D eigenvalue weighted by Gasteiger charge is 2.25. The van der Waals surface area contributed by atoms with Gasteiger partial charge in [0.2, 0.25) is 5.91 Å². The third-order valence-electron chi connectivity index (χ3n) is 3.73. The predicted octanol–water partition coefficient (Wildman–Crippen LogP) is 2.44. The van der Waals surface area contributed by atoms with Crippen molar-refractivity contribution in [3.8, 4) is 0 Å². The topological polar surface area (TPSA) is 55.1 Å². The summed E-state index contributed by atoms with van der Waals surface area (Å²) in [6, 6.07) is 2.35. The van der Waals surface area contributed by atoms with Crippen molar-refractivity contribution in [3.63, 3.8) is 0 Å². The number of carbonyl (C=O) groups excluding carboxylic acids is 1. The van der Waals surface area contributed by atoms with E-state index in [1.807, 2.05) is 0 Å². The summed E-state index contributed by atoms with van der Waals surface area (Å²) in [6.07, 6.45) is 5.01. The van der Waals surface area contributed by atoms with Crippen LogP contribution in [0.5, 0.6) is 0 Å². The first-order chi connectivity index (χ1) is 8.70. The minimum Gasteiger partial charge on any atom is -0.351 e. The molecule has 1 heterocycles. The number of thiophene rings is 1. The van der Waals surface area contributed by atoms with Crippen LogP contribution in [0.2, 0.25) is 0 Å². The molecular weight excluding hydrogens is 244 g/mol. The molecular formula is C14H22N2OS. The van der Waals surface area contributed by atoms with E-state index >= 15 is 0 Å².